The monoisotopic (exact) mass is 203 g/mol. The lowest BCUT2D eigenvalue weighted by Crippen LogP contribution is -1.87. The number of aliphatic hydroxyl groups excluding tert-OH is 1. The van der Waals surface area contributed by atoms with E-state index >= 15 is 0 Å². The normalized spacial score (nSPS) is 10.5. The fourth-order valence-corrected chi connectivity index (χ4v) is 1.58. The van der Waals surface area contributed by atoms with Gasteiger partial charge in [0.2, 0.25) is 0 Å². The molecule has 4 N–H and O–H groups in total. The van der Waals surface area contributed by atoms with Gasteiger partial charge >= 0.3 is 0 Å². The largest absolute Gasteiger partial charge is 0.392 e. The molecule has 0 saturated carbocycles. The summed E-state index contributed by atoms with van der Waals surface area (Å²) in [6.45, 7) is 1.96. The molecule has 0 aliphatic carbocycles. The van der Waals surface area contributed by atoms with Crippen LogP contribution < -0.4 is 5.73 Å². The molecule has 0 spiro atoms. The van der Waals surface area contributed by atoms with Gasteiger partial charge in [0.15, 0.2) is 5.95 Å². The highest BCUT2D eigenvalue weighted by atomic mass is 16.3. The number of imidazole rings is 1. The van der Waals surface area contributed by atoms with Gasteiger partial charge in [0, 0.05) is 11.3 Å². The number of nitrogens with two attached hydrogens (primary N) is 1. The van der Waals surface area contributed by atoms with Gasteiger partial charge in [-0.25, -0.2) is 4.98 Å². The first-order chi connectivity index (χ1) is 7.20. The molecule has 0 saturated heterocycles. The molecule has 0 fully saturated rings. The highest BCUT2D eigenvalue weighted by Crippen LogP contribution is 2.22. The van der Waals surface area contributed by atoms with Crippen molar-refractivity contribution in [1.29, 1.82) is 0 Å². The molecule has 2 aromatic rings. The molecule has 78 valence electrons. The second-order valence-corrected chi connectivity index (χ2v) is 3.45. The maximum absolute atomic E-state index is 9.03. The third-order valence-electron chi connectivity index (χ3n) is 2.29. The van der Waals surface area contributed by atoms with Gasteiger partial charge in [-0.15, -0.1) is 0 Å². The van der Waals surface area contributed by atoms with E-state index < -0.39 is 0 Å². The second kappa shape index (κ2) is 3.74. The summed E-state index contributed by atoms with van der Waals surface area (Å²) < 4.78 is 0. The van der Waals surface area contributed by atoms with Gasteiger partial charge in [0.1, 0.15) is 0 Å². The highest BCUT2D eigenvalue weighted by Gasteiger charge is 2.07. The van der Waals surface area contributed by atoms with E-state index in [0.717, 1.165) is 22.5 Å². The van der Waals surface area contributed by atoms with Crippen molar-refractivity contribution in [2.24, 2.45) is 0 Å². The third kappa shape index (κ3) is 1.85. The summed E-state index contributed by atoms with van der Waals surface area (Å²) in [6, 6.07) is 7.62. The van der Waals surface area contributed by atoms with Crippen molar-refractivity contribution in [2.75, 3.05) is 5.73 Å². The summed E-state index contributed by atoms with van der Waals surface area (Å²) in [7, 11) is 0. The Bertz CT molecular complexity index is 476. The maximum Gasteiger partial charge on any atom is 0.198 e. The van der Waals surface area contributed by atoms with Crippen LogP contribution in [0.5, 0.6) is 0 Å². The number of aliphatic hydroxyl groups is 1. The first-order valence-electron chi connectivity index (χ1n) is 4.73. The van der Waals surface area contributed by atoms with Crippen LogP contribution in [0.4, 0.5) is 5.95 Å². The fourth-order valence-electron chi connectivity index (χ4n) is 1.58. The molecule has 15 heavy (non-hydrogen) atoms. The lowest BCUT2D eigenvalue weighted by Gasteiger charge is -2.01. The topological polar surface area (TPSA) is 74.9 Å². The molecule has 0 aliphatic heterocycles. The molecular formula is C11H13N3O. The van der Waals surface area contributed by atoms with E-state index in [1.165, 1.54) is 0 Å². The Labute approximate surface area is 87.8 Å². The minimum atomic E-state index is 0.0345. The van der Waals surface area contributed by atoms with Crippen LogP contribution in [0, 0.1) is 6.92 Å². The van der Waals surface area contributed by atoms with Gasteiger partial charge in [-0.3, -0.25) is 0 Å². The highest BCUT2D eigenvalue weighted by molar-refractivity contribution is 5.64. The van der Waals surface area contributed by atoms with Crippen molar-refractivity contribution < 1.29 is 5.11 Å². The minimum Gasteiger partial charge on any atom is -0.392 e. The van der Waals surface area contributed by atoms with E-state index in [1.807, 2.05) is 31.2 Å². The number of H-pyrrole nitrogens is 1. The van der Waals surface area contributed by atoms with Crippen LogP contribution in [-0.4, -0.2) is 15.1 Å². The smallest absolute Gasteiger partial charge is 0.198 e. The predicted molar refractivity (Wildman–Crippen MR) is 59.1 cm³/mol. The number of nitrogen functional groups attached to an aromatic ring is 1. The van der Waals surface area contributed by atoms with Crippen LogP contribution >= 0.6 is 0 Å². The molecule has 0 aliphatic rings. The number of anilines is 1. The number of aromatic nitrogens is 2. The van der Waals surface area contributed by atoms with Crippen molar-refractivity contribution in [2.45, 2.75) is 13.5 Å². The zero-order valence-corrected chi connectivity index (χ0v) is 8.49. The van der Waals surface area contributed by atoms with E-state index in [-0.39, 0.29) is 6.61 Å². The zero-order chi connectivity index (χ0) is 10.8. The summed E-state index contributed by atoms with van der Waals surface area (Å²) in [4.78, 5) is 7.14. The molecule has 0 amide bonds. The number of rotatable bonds is 2. The van der Waals surface area contributed by atoms with Crippen LogP contribution in [-0.2, 0) is 6.61 Å². The van der Waals surface area contributed by atoms with Crippen LogP contribution in [0.25, 0.3) is 11.3 Å². The Morgan fingerprint density at radius 3 is 2.87 bits per heavy atom. The Hall–Kier alpha value is -1.81. The molecule has 1 aromatic carbocycles. The van der Waals surface area contributed by atoms with Gasteiger partial charge in [-0.2, -0.15) is 0 Å². The van der Waals surface area contributed by atoms with Crippen LogP contribution in [0.3, 0.4) is 0 Å². The molecule has 1 aromatic heterocycles. The molecular weight excluding hydrogens is 190 g/mol. The van der Waals surface area contributed by atoms with Gasteiger partial charge in [-0.1, -0.05) is 18.2 Å². The number of nitrogens with one attached hydrogen (secondary N) is 1. The van der Waals surface area contributed by atoms with E-state index in [0.29, 0.717) is 5.95 Å². The Morgan fingerprint density at radius 2 is 2.27 bits per heavy atom. The lowest BCUT2D eigenvalue weighted by atomic mass is 10.1. The predicted octanol–water partition coefficient (Wildman–Crippen LogP) is 1.46. The number of nitrogens with zero attached hydrogens (tertiary/aromatic N) is 1. The number of benzene rings is 1. The minimum absolute atomic E-state index is 0.0345. The van der Waals surface area contributed by atoms with Crippen molar-refractivity contribution in [3.63, 3.8) is 0 Å². The second-order valence-electron chi connectivity index (χ2n) is 3.45. The Morgan fingerprint density at radius 1 is 1.47 bits per heavy atom. The number of hydrogen-bond donors (Lipinski definition) is 3. The quantitative estimate of drug-likeness (QED) is 0.691. The summed E-state index contributed by atoms with van der Waals surface area (Å²) in [5, 5.41) is 9.03. The van der Waals surface area contributed by atoms with Gasteiger partial charge in [-0.05, 0) is 18.6 Å². The van der Waals surface area contributed by atoms with Crippen LogP contribution in [0.1, 0.15) is 11.3 Å². The first-order valence-corrected chi connectivity index (χ1v) is 4.73. The van der Waals surface area contributed by atoms with Crippen LogP contribution in [0.15, 0.2) is 24.3 Å². The average Bonchev–Trinajstić information content (AvgIpc) is 2.58. The molecule has 4 nitrogen and oxygen atoms in total. The summed E-state index contributed by atoms with van der Waals surface area (Å²) in [6.07, 6.45) is 0. The third-order valence-corrected chi connectivity index (χ3v) is 2.29. The van der Waals surface area contributed by atoms with Gasteiger partial charge in [0.25, 0.3) is 0 Å². The van der Waals surface area contributed by atoms with Crippen molar-refractivity contribution in [1.82, 2.24) is 9.97 Å². The Kier molecular flexibility index (Phi) is 2.43. The fraction of sp³-hybridized carbons (Fsp3) is 0.182. The molecule has 4 heteroatoms. The average molecular weight is 203 g/mol. The molecule has 0 atom stereocenters. The van der Waals surface area contributed by atoms with Crippen LogP contribution in [0.2, 0.25) is 0 Å². The van der Waals surface area contributed by atoms with Crippen molar-refractivity contribution in [3.8, 4) is 11.3 Å². The van der Waals surface area contributed by atoms with Crippen molar-refractivity contribution >= 4 is 5.95 Å². The van der Waals surface area contributed by atoms with Crippen molar-refractivity contribution in [3.05, 3.63) is 35.5 Å². The van der Waals surface area contributed by atoms with E-state index in [2.05, 4.69) is 9.97 Å². The standard InChI is InChI=1S/C11H13N3O/c1-7-10(14-11(12)13-7)9-4-2-3-8(5-9)6-15/h2-5,15H,6H2,1H3,(H3,12,13,14). The molecule has 0 radical (unpaired) electrons. The molecule has 0 unspecified atom stereocenters. The summed E-state index contributed by atoms with van der Waals surface area (Å²) >= 11 is 0. The zero-order valence-electron chi connectivity index (χ0n) is 8.49. The first kappa shape index (κ1) is 9.73. The summed E-state index contributed by atoms with van der Waals surface area (Å²) in [5.74, 6) is 0.414. The SMILES string of the molecule is Cc1[nH]c(N)nc1-c1cccc(CO)c1. The number of aromatic amines is 1. The molecule has 0 bridgehead atoms. The van der Waals surface area contributed by atoms with E-state index in [4.69, 9.17) is 10.8 Å². The lowest BCUT2D eigenvalue weighted by molar-refractivity contribution is 0.282. The van der Waals surface area contributed by atoms with E-state index in [1.54, 1.807) is 0 Å². The summed E-state index contributed by atoms with van der Waals surface area (Å²) in [5.41, 5.74) is 9.17. The van der Waals surface area contributed by atoms with Gasteiger partial charge < -0.3 is 15.8 Å². The number of aryl methyl sites for hydroxylation is 1. The van der Waals surface area contributed by atoms with Gasteiger partial charge in [0.05, 0.1) is 12.3 Å². The molecule has 2 rings (SSSR count). The van der Waals surface area contributed by atoms with E-state index in [9.17, 15) is 0 Å². The number of hydrogen-bond acceptors (Lipinski definition) is 3. The molecule has 1 heterocycles. The maximum atomic E-state index is 9.03. The Balaban J connectivity index is 2.49.